The van der Waals surface area contributed by atoms with Gasteiger partial charge in [0.1, 0.15) is 0 Å². The second-order valence-electron chi connectivity index (χ2n) is 6.46. The van der Waals surface area contributed by atoms with Crippen LogP contribution in [0.3, 0.4) is 0 Å². The van der Waals surface area contributed by atoms with E-state index in [4.69, 9.17) is 0 Å². The van der Waals surface area contributed by atoms with Crippen molar-refractivity contribution in [3.8, 4) is 0 Å². The predicted octanol–water partition coefficient (Wildman–Crippen LogP) is 1.24. The van der Waals surface area contributed by atoms with Crippen molar-refractivity contribution in [1.82, 2.24) is 13.5 Å². The van der Waals surface area contributed by atoms with Gasteiger partial charge in [0.15, 0.2) is 0 Å². The highest BCUT2D eigenvalue weighted by Gasteiger charge is 2.35. The molecule has 118 valence electrons. The van der Waals surface area contributed by atoms with Crippen LogP contribution >= 0.6 is 0 Å². The fraction of sp³-hybridized carbons (Fsp3) is 1.00. The first-order valence-electron chi connectivity index (χ1n) is 7.91. The molecule has 0 aliphatic carbocycles. The molecule has 2 heterocycles. The Labute approximate surface area is 124 Å². The molecule has 2 unspecified atom stereocenters. The maximum absolute atomic E-state index is 12.8. The molecule has 2 saturated heterocycles. The zero-order chi connectivity index (χ0) is 14.8. The highest BCUT2D eigenvalue weighted by atomic mass is 32.2. The molecule has 5 nitrogen and oxygen atoms in total. The highest BCUT2D eigenvalue weighted by Crippen LogP contribution is 2.25. The summed E-state index contributed by atoms with van der Waals surface area (Å²) in [5.41, 5.74) is 0. The number of rotatable bonds is 3. The lowest BCUT2D eigenvalue weighted by Crippen LogP contribution is -2.50. The molecular formula is C14H29N3O2S. The van der Waals surface area contributed by atoms with E-state index in [1.807, 2.05) is 0 Å². The van der Waals surface area contributed by atoms with Crippen LogP contribution in [0.5, 0.6) is 0 Å². The quantitative estimate of drug-likeness (QED) is 0.788. The molecule has 2 aliphatic rings. The van der Waals surface area contributed by atoms with Crippen LogP contribution < -0.4 is 0 Å². The molecule has 0 N–H and O–H groups in total. The summed E-state index contributed by atoms with van der Waals surface area (Å²) in [4.78, 5) is 2.33. The smallest absolute Gasteiger partial charge is 0.282 e. The van der Waals surface area contributed by atoms with Gasteiger partial charge in [-0.1, -0.05) is 20.8 Å². The van der Waals surface area contributed by atoms with Crippen LogP contribution in [0.4, 0.5) is 0 Å². The molecule has 0 bridgehead atoms. The second kappa shape index (κ2) is 6.73. The molecule has 0 radical (unpaired) electrons. The average Bonchev–Trinajstić information content (AvgIpc) is 2.63. The van der Waals surface area contributed by atoms with Crippen LogP contribution in [0, 0.1) is 11.8 Å². The van der Waals surface area contributed by atoms with E-state index in [0.717, 1.165) is 32.5 Å². The van der Waals surface area contributed by atoms with E-state index in [9.17, 15) is 8.42 Å². The Morgan fingerprint density at radius 3 is 2.20 bits per heavy atom. The van der Waals surface area contributed by atoms with Crippen LogP contribution in [-0.4, -0.2) is 67.7 Å². The summed E-state index contributed by atoms with van der Waals surface area (Å²) in [5.74, 6) is 0.931. The van der Waals surface area contributed by atoms with Gasteiger partial charge in [-0.05, 0) is 37.8 Å². The normalized spacial score (nSPS) is 32.1. The Hall–Kier alpha value is -0.170. The van der Waals surface area contributed by atoms with E-state index >= 15 is 0 Å². The van der Waals surface area contributed by atoms with E-state index < -0.39 is 10.2 Å². The zero-order valence-electron chi connectivity index (χ0n) is 13.1. The number of hydrogen-bond donors (Lipinski definition) is 0. The van der Waals surface area contributed by atoms with Crippen molar-refractivity contribution in [3.63, 3.8) is 0 Å². The number of nitrogens with zero attached hydrogens (tertiary/aromatic N) is 3. The molecule has 20 heavy (non-hydrogen) atoms. The Morgan fingerprint density at radius 2 is 1.60 bits per heavy atom. The van der Waals surface area contributed by atoms with Crippen molar-refractivity contribution in [2.45, 2.75) is 33.6 Å². The van der Waals surface area contributed by atoms with E-state index in [1.54, 1.807) is 8.61 Å². The van der Waals surface area contributed by atoms with Gasteiger partial charge < -0.3 is 4.90 Å². The van der Waals surface area contributed by atoms with Gasteiger partial charge >= 0.3 is 0 Å². The zero-order valence-corrected chi connectivity index (χ0v) is 13.9. The summed E-state index contributed by atoms with van der Waals surface area (Å²) in [7, 11) is -3.27. The molecule has 6 heteroatoms. The summed E-state index contributed by atoms with van der Waals surface area (Å²) in [6.07, 6.45) is 2.07. The molecule has 2 atom stereocenters. The lowest BCUT2D eigenvalue weighted by molar-refractivity contribution is 0.208. The SMILES string of the molecule is CCN1CCCN(S(=O)(=O)N2CC(C)CC(C)C2)CC1. The first-order chi connectivity index (χ1) is 9.43. The molecule has 2 fully saturated rings. The lowest BCUT2D eigenvalue weighted by Gasteiger charge is -2.37. The third-order valence-corrected chi connectivity index (χ3v) is 6.45. The van der Waals surface area contributed by atoms with Gasteiger partial charge in [-0.15, -0.1) is 0 Å². The fourth-order valence-electron chi connectivity index (χ4n) is 3.45. The van der Waals surface area contributed by atoms with Gasteiger partial charge in [-0.3, -0.25) is 0 Å². The minimum Gasteiger partial charge on any atom is -0.302 e. The predicted molar refractivity (Wildman–Crippen MR) is 81.7 cm³/mol. The molecule has 2 rings (SSSR count). The number of hydrogen-bond acceptors (Lipinski definition) is 3. The van der Waals surface area contributed by atoms with Crippen molar-refractivity contribution in [1.29, 1.82) is 0 Å². The average molecular weight is 303 g/mol. The Balaban J connectivity index is 2.05. The fourth-order valence-corrected chi connectivity index (χ4v) is 5.34. The highest BCUT2D eigenvalue weighted by molar-refractivity contribution is 7.86. The van der Waals surface area contributed by atoms with Gasteiger partial charge in [0.2, 0.25) is 0 Å². The summed E-state index contributed by atoms with van der Waals surface area (Å²) in [6, 6.07) is 0. The van der Waals surface area contributed by atoms with Gasteiger partial charge in [-0.25, -0.2) is 0 Å². The standard InChI is InChI=1S/C14H29N3O2S/c1-4-15-6-5-7-16(9-8-15)20(18,19)17-11-13(2)10-14(3)12-17/h13-14H,4-12H2,1-3H3. The molecule has 0 aromatic rings. The largest absolute Gasteiger partial charge is 0.302 e. The summed E-state index contributed by atoms with van der Waals surface area (Å²) < 4.78 is 29.0. The van der Waals surface area contributed by atoms with Gasteiger partial charge in [0, 0.05) is 32.7 Å². The molecule has 0 aromatic carbocycles. The van der Waals surface area contributed by atoms with Gasteiger partial charge in [0.25, 0.3) is 10.2 Å². The molecule has 2 aliphatic heterocycles. The second-order valence-corrected chi connectivity index (χ2v) is 8.39. The summed E-state index contributed by atoms with van der Waals surface area (Å²) >= 11 is 0. The lowest BCUT2D eigenvalue weighted by atomic mass is 9.94. The van der Waals surface area contributed by atoms with Gasteiger partial charge in [0.05, 0.1) is 0 Å². The van der Waals surface area contributed by atoms with Crippen molar-refractivity contribution in [2.75, 3.05) is 45.8 Å². The third-order valence-electron chi connectivity index (χ3n) is 4.48. The van der Waals surface area contributed by atoms with Crippen LogP contribution in [-0.2, 0) is 10.2 Å². The molecule has 0 spiro atoms. The minimum absolute atomic E-state index is 0.465. The van der Waals surface area contributed by atoms with Crippen molar-refractivity contribution < 1.29 is 8.42 Å². The number of likely N-dealkylation sites (N-methyl/N-ethyl adjacent to an activating group) is 1. The molecular weight excluding hydrogens is 274 g/mol. The minimum atomic E-state index is -3.27. The molecule has 0 saturated carbocycles. The first kappa shape index (κ1) is 16.2. The monoisotopic (exact) mass is 303 g/mol. The Kier molecular flexibility index (Phi) is 5.45. The van der Waals surface area contributed by atoms with E-state index in [-0.39, 0.29) is 0 Å². The van der Waals surface area contributed by atoms with Crippen molar-refractivity contribution in [3.05, 3.63) is 0 Å². The van der Waals surface area contributed by atoms with Crippen molar-refractivity contribution >= 4 is 10.2 Å². The van der Waals surface area contributed by atoms with Gasteiger partial charge in [-0.2, -0.15) is 17.0 Å². The molecule has 0 aromatic heterocycles. The van der Waals surface area contributed by atoms with Crippen LogP contribution in [0.25, 0.3) is 0 Å². The van der Waals surface area contributed by atoms with E-state index in [1.165, 1.54) is 0 Å². The van der Waals surface area contributed by atoms with Crippen LogP contribution in [0.1, 0.15) is 33.6 Å². The topological polar surface area (TPSA) is 43.9 Å². The van der Waals surface area contributed by atoms with E-state index in [0.29, 0.717) is 38.0 Å². The maximum atomic E-state index is 12.8. The van der Waals surface area contributed by atoms with Crippen molar-refractivity contribution in [2.24, 2.45) is 11.8 Å². The first-order valence-corrected chi connectivity index (χ1v) is 9.30. The Bertz CT molecular complexity index is 403. The molecule has 0 amide bonds. The summed E-state index contributed by atoms with van der Waals surface area (Å²) in [6.45, 7) is 12.0. The van der Waals surface area contributed by atoms with Crippen LogP contribution in [0.2, 0.25) is 0 Å². The Morgan fingerprint density at radius 1 is 0.950 bits per heavy atom. The maximum Gasteiger partial charge on any atom is 0.282 e. The van der Waals surface area contributed by atoms with E-state index in [2.05, 4.69) is 25.7 Å². The van der Waals surface area contributed by atoms with Crippen LogP contribution in [0.15, 0.2) is 0 Å². The third kappa shape index (κ3) is 3.72. The summed E-state index contributed by atoms with van der Waals surface area (Å²) in [5, 5.41) is 0. The number of piperidine rings is 1.